The van der Waals surface area contributed by atoms with Crippen LogP contribution in [0.3, 0.4) is 0 Å². The second-order valence-electron chi connectivity index (χ2n) is 4.87. The van der Waals surface area contributed by atoms with Crippen LogP contribution < -0.4 is 4.74 Å². The van der Waals surface area contributed by atoms with Gasteiger partial charge in [0.1, 0.15) is 11.5 Å². The van der Waals surface area contributed by atoms with Crippen LogP contribution in [0, 0.1) is 0 Å². The van der Waals surface area contributed by atoms with Crippen molar-refractivity contribution >= 4 is 37.6 Å². The van der Waals surface area contributed by atoms with Crippen molar-refractivity contribution in [2.75, 3.05) is 0 Å². The molecule has 0 aromatic heterocycles. The topological polar surface area (TPSA) is 26.3 Å². The number of benzene rings is 3. The molecule has 3 aromatic carbocycles. The maximum Gasteiger partial charge on any atom is 0.194 e. The summed E-state index contributed by atoms with van der Waals surface area (Å²) in [6.07, 6.45) is 0. The largest absolute Gasteiger partial charge is 0.456 e. The first-order valence-corrected chi connectivity index (χ1v) is 8.55. The average molecular weight is 432 g/mol. The third-order valence-electron chi connectivity index (χ3n) is 3.28. The molecule has 0 saturated heterocycles. The van der Waals surface area contributed by atoms with Gasteiger partial charge in [-0.05, 0) is 52.3 Å². The molecule has 0 aliphatic rings. The lowest BCUT2D eigenvalue weighted by Gasteiger charge is -2.09. The Kier molecular flexibility index (Phi) is 4.94. The summed E-state index contributed by atoms with van der Waals surface area (Å²) in [5.74, 6) is 1.28. The van der Waals surface area contributed by atoms with Crippen molar-refractivity contribution in [2.24, 2.45) is 0 Å². The Morgan fingerprint density at radius 2 is 1.48 bits per heavy atom. The molecular formula is C19H12Br2O2. The summed E-state index contributed by atoms with van der Waals surface area (Å²) in [6.45, 7) is 0. The number of carbonyl (C=O) groups is 1. The van der Waals surface area contributed by atoms with Crippen molar-refractivity contribution in [3.05, 3.63) is 92.9 Å². The molecule has 0 radical (unpaired) electrons. The van der Waals surface area contributed by atoms with Gasteiger partial charge in [0.15, 0.2) is 5.78 Å². The monoisotopic (exact) mass is 430 g/mol. The maximum atomic E-state index is 12.6. The Morgan fingerprint density at radius 3 is 2.22 bits per heavy atom. The van der Waals surface area contributed by atoms with Crippen molar-refractivity contribution in [1.82, 2.24) is 0 Å². The summed E-state index contributed by atoms with van der Waals surface area (Å²) in [7, 11) is 0. The van der Waals surface area contributed by atoms with Crippen LogP contribution in [0.15, 0.2) is 81.7 Å². The fourth-order valence-corrected chi connectivity index (χ4v) is 2.99. The first-order valence-electron chi connectivity index (χ1n) is 6.97. The van der Waals surface area contributed by atoms with Crippen LogP contribution in [-0.4, -0.2) is 5.78 Å². The number of ketones is 1. The molecule has 3 aromatic rings. The van der Waals surface area contributed by atoms with Gasteiger partial charge in [-0.2, -0.15) is 0 Å². The van der Waals surface area contributed by atoms with E-state index in [-0.39, 0.29) is 5.78 Å². The van der Waals surface area contributed by atoms with Gasteiger partial charge in [0.25, 0.3) is 0 Å². The van der Waals surface area contributed by atoms with Gasteiger partial charge in [-0.1, -0.05) is 52.3 Å². The molecule has 0 bridgehead atoms. The highest BCUT2D eigenvalue weighted by Crippen LogP contribution is 2.30. The van der Waals surface area contributed by atoms with Crippen molar-refractivity contribution in [3.63, 3.8) is 0 Å². The molecule has 0 aliphatic carbocycles. The molecule has 114 valence electrons. The number of rotatable bonds is 4. The highest BCUT2D eigenvalue weighted by atomic mass is 79.9. The number of para-hydroxylation sites is 1. The summed E-state index contributed by atoms with van der Waals surface area (Å²) < 4.78 is 7.50. The highest BCUT2D eigenvalue weighted by Gasteiger charge is 2.13. The highest BCUT2D eigenvalue weighted by molar-refractivity contribution is 9.10. The third-order valence-corrected chi connectivity index (χ3v) is 4.63. The number of hydrogen-bond acceptors (Lipinski definition) is 2. The molecule has 0 fully saturated rings. The first kappa shape index (κ1) is 16.0. The fourth-order valence-electron chi connectivity index (χ4n) is 2.16. The Morgan fingerprint density at radius 1 is 0.783 bits per heavy atom. The van der Waals surface area contributed by atoms with Gasteiger partial charge in [-0.25, -0.2) is 0 Å². The zero-order valence-electron chi connectivity index (χ0n) is 12.0. The number of carbonyl (C=O) groups excluding carboxylic acids is 1. The molecule has 0 aliphatic heterocycles. The Labute approximate surface area is 151 Å². The second kappa shape index (κ2) is 7.11. The summed E-state index contributed by atoms with van der Waals surface area (Å²) in [4.78, 5) is 12.6. The lowest BCUT2D eigenvalue weighted by molar-refractivity contribution is 0.103. The van der Waals surface area contributed by atoms with E-state index in [9.17, 15) is 4.79 Å². The van der Waals surface area contributed by atoms with E-state index in [4.69, 9.17) is 4.74 Å². The van der Waals surface area contributed by atoms with E-state index < -0.39 is 0 Å². The number of halogens is 2. The predicted octanol–water partition coefficient (Wildman–Crippen LogP) is 6.23. The second-order valence-corrected chi connectivity index (χ2v) is 6.58. The van der Waals surface area contributed by atoms with E-state index in [1.807, 2.05) is 54.6 Å². The SMILES string of the molecule is O=C(c1cccc(Oc2ccccc2Br)c1)c1ccccc1Br. The van der Waals surface area contributed by atoms with Crippen LogP contribution in [0.1, 0.15) is 15.9 Å². The molecule has 0 N–H and O–H groups in total. The Hall–Kier alpha value is -1.91. The lowest BCUT2D eigenvalue weighted by Crippen LogP contribution is -2.02. The van der Waals surface area contributed by atoms with Crippen LogP contribution in [0.5, 0.6) is 11.5 Å². The van der Waals surface area contributed by atoms with Gasteiger partial charge in [0, 0.05) is 15.6 Å². The fraction of sp³-hybridized carbons (Fsp3) is 0. The quantitative estimate of drug-likeness (QED) is 0.457. The average Bonchev–Trinajstić information content (AvgIpc) is 2.57. The minimum Gasteiger partial charge on any atom is -0.456 e. The molecule has 0 saturated carbocycles. The first-order chi connectivity index (χ1) is 11.1. The zero-order chi connectivity index (χ0) is 16.2. The lowest BCUT2D eigenvalue weighted by atomic mass is 10.0. The van der Waals surface area contributed by atoms with Crippen molar-refractivity contribution in [3.8, 4) is 11.5 Å². The zero-order valence-corrected chi connectivity index (χ0v) is 15.2. The van der Waals surface area contributed by atoms with Gasteiger partial charge in [-0.15, -0.1) is 0 Å². The predicted molar refractivity (Wildman–Crippen MR) is 98.2 cm³/mol. The van der Waals surface area contributed by atoms with Gasteiger partial charge >= 0.3 is 0 Å². The summed E-state index contributed by atoms with van der Waals surface area (Å²) in [5.41, 5.74) is 1.21. The Bertz CT molecular complexity index is 859. The maximum absolute atomic E-state index is 12.6. The van der Waals surface area contributed by atoms with E-state index in [1.54, 1.807) is 18.2 Å². The minimum atomic E-state index is -0.0462. The van der Waals surface area contributed by atoms with Gasteiger partial charge in [0.2, 0.25) is 0 Å². The molecular weight excluding hydrogens is 420 g/mol. The van der Waals surface area contributed by atoms with Gasteiger partial charge in [-0.3, -0.25) is 4.79 Å². The molecule has 23 heavy (non-hydrogen) atoms. The Balaban J connectivity index is 1.90. The van der Waals surface area contributed by atoms with Gasteiger partial charge < -0.3 is 4.74 Å². The van der Waals surface area contributed by atoms with Crippen molar-refractivity contribution < 1.29 is 9.53 Å². The molecule has 2 nitrogen and oxygen atoms in total. The summed E-state index contributed by atoms with van der Waals surface area (Å²) in [5, 5.41) is 0. The minimum absolute atomic E-state index is 0.0462. The smallest absolute Gasteiger partial charge is 0.194 e. The molecule has 0 unspecified atom stereocenters. The van der Waals surface area contributed by atoms with Crippen LogP contribution in [-0.2, 0) is 0 Å². The van der Waals surface area contributed by atoms with Crippen LogP contribution in [0.25, 0.3) is 0 Å². The summed E-state index contributed by atoms with van der Waals surface area (Å²) in [6, 6.07) is 22.2. The molecule has 3 rings (SSSR count). The number of ether oxygens (including phenoxy) is 1. The van der Waals surface area contributed by atoms with Gasteiger partial charge in [0.05, 0.1) is 4.47 Å². The van der Waals surface area contributed by atoms with Crippen molar-refractivity contribution in [1.29, 1.82) is 0 Å². The van der Waals surface area contributed by atoms with Crippen LogP contribution >= 0.6 is 31.9 Å². The van der Waals surface area contributed by atoms with Crippen LogP contribution in [0.4, 0.5) is 0 Å². The number of hydrogen-bond donors (Lipinski definition) is 0. The molecule has 0 atom stereocenters. The molecule has 4 heteroatoms. The van der Waals surface area contributed by atoms with Crippen LogP contribution in [0.2, 0.25) is 0 Å². The van der Waals surface area contributed by atoms with Crippen molar-refractivity contribution in [2.45, 2.75) is 0 Å². The van der Waals surface area contributed by atoms with E-state index in [0.29, 0.717) is 22.6 Å². The normalized spacial score (nSPS) is 10.3. The van der Waals surface area contributed by atoms with E-state index in [0.717, 1.165) is 8.95 Å². The molecule has 0 heterocycles. The molecule has 0 amide bonds. The standard InChI is InChI=1S/C19H12Br2O2/c20-16-9-2-1-8-15(16)19(22)13-6-5-7-14(12-13)23-18-11-4-3-10-17(18)21/h1-12H. The third kappa shape index (κ3) is 3.71. The van der Waals surface area contributed by atoms with E-state index >= 15 is 0 Å². The van der Waals surface area contributed by atoms with E-state index in [1.165, 1.54) is 0 Å². The molecule has 0 spiro atoms. The summed E-state index contributed by atoms with van der Waals surface area (Å²) >= 11 is 6.87. The van der Waals surface area contributed by atoms with E-state index in [2.05, 4.69) is 31.9 Å².